The van der Waals surface area contributed by atoms with Crippen LogP contribution in [-0.4, -0.2) is 28.6 Å². The number of ether oxygens (including phenoxy) is 1. The van der Waals surface area contributed by atoms with Crippen LogP contribution in [0.25, 0.3) is 11.0 Å². The van der Waals surface area contributed by atoms with Crippen LogP contribution in [0.3, 0.4) is 0 Å². The monoisotopic (exact) mass is 219 g/mol. The first-order valence-corrected chi connectivity index (χ1v) is 4.95. The maximum absolute atomic E-state index is 5.62. The number of aromatic nitrogens is 3. The Morgan fingerprint density at radius 2 is 2.25 bits per heavy atom. The SMILES string of the molecule is CCNc1nc(N)nc2cc(OC)cnc12. The summed E-state index contributed by atoms with van der Waals surface area (Å²) in [4.78, 5) is 12.5. The van der Waals surface area contributed by atoms with Crippen molar-refractivity contribution in [2.24, 2.45) is 0 Å². The molecule has 0 spiro atoms. The Kier molecular flexibility index (Phi) is 2.72. The van der Waals surface area contributed by atoms with Gasteiger partial charge in [0.25, 0.3) is 0 Å². The van der Waals surface area contributed by atoms with Gasteiger partial charge < -0.3 is 15.8 Å². The van der Waals surface area contributed by atoms with E-state index in [2.05, 4.69) is 20.3 Å². The van der Waals surface area contributed by atoms with Gasteiger partial charge in [0.15, 0.2) is 5.82 Å². The average molecular weight is 219 g/mol. The number of nitrogens with one attached hydrogen (secondary N) is 1. The number of methoxy groups -OCH3 is 1. The smallest absolute Gasteiger partial charge is 0.222 e. The molecule has 0 amide bonds. The van der Waals surface area contributed by atoms with E-state index < -0.39 is 0 Å². The zero-order valence-electron chi connectivity index (χ0n) is 9.19. The van der Waals surface area contributed by atoms with Crippen LogP contribution in [-0.2, 0) is 0 Å². The molecule has 6 nitrogen and oxygen atoms in total. The fourth-order valence-corrected chi connectivity index (χ4v) is 1.42. The molecule has 0 aliphatic rings. The molecule has 6 heteroatoms. The van der Waals surface area contributed by atoms with Crippen LogP contribution >= 0.6 is 0 Å². The van der Waals surface area contributed by atoms with Crippen molar-refractivity contribution >= 4 is 22.8 Å². The first-order valence-electron chi connectivity index (χ1n) is 4.95. The number of anilines is 2. The molecule has 3 N–H and O–H groups in total. The van der Waals surface area contributed by atoms with Crippen LogP contribution in [0, 0.1) is 0 Å². The maximum atomic E-state index is 5.62. The highest BCUT2D eigenvalue weighted by Crippen LogP contribution is 2.22. The molecule has 2 aromatic rings. The summed E-state index contributed by atoms with van der Waals surface area (Å²) in [5.74, 6) is 1.51. The van der Waals surface area contributed by atoms with Gasteiger partial charge in [0.05, 0.1) is 13.3 Å². The van der Waals surface area contributed by atoms with Crippen molar-refractivity contribution in [2.75, 3.05) is 24.7 Å². The Bertz CT molecular complexity index is 514. The van der Waals surface area contributed by atoms with E-state index in [0.29, 0.717) is 22.6 Å². The van der Waals surface area contributed by atoms with E-state index >= 15 is 0 Å². The van der Waals surface area contributed by atoms with Crippen LogP contribution < -0.4 is 15.8 Å². The van der Waals surface area contributed by atoms with Crippen LogP contribution in [0.2, 0.25) is 0 Å². The lowest BCUT2D eigenvalue weighted by Crippen LogP contribution is -2.05. The minimum atomic E-state index is 0.221. The second-order valence-corrected chi connectivity index (χ2v) is 3.20. The Balaban J connectivity index is 2.63. The number of pyridine rings is 1. The summed E-state index contributed by atoms with van der Waals surface area (Å²) in [6.45, 7) is 2.73. The number of nitrogens with zero attached hydrogens (tertiary/aromatic N) is 3. The van der Waals surface area contributed by atoms with E-state index in [1.54, 1.807) is 19.4 Å². The number of nitrogen functional groups attached to an aromatic ring is 1. The third-order valence-corrected chi connectivity index (χ3v) is 2.11. The topological polar surface area (TPSA) is 86.0 Å². The predicted molar refractivity (Wildman–Crippen MR) is 62.5 cm³/mol. The first-order chi connectivity index (χ1) is 7.74. The molecule has 0 unspecified atom stereocenters. The van der Waals surface area contributed by atoms with Gasteiger partial charge in [0.2, 0.25) is 5.95 Å². The third kappa shape index (κ3) is 1.81. The van der Waals surface area contributed by atoms with Crippen LogP contribution in [0.5, 0.6) is 5.75 Å². The number of rotatable bonds is 3. The normalized spacial score (nSPS) is 10.4. The minimum absolute atomic E-state index is 0.221. The van der Waals surface area contributed by atoms with E-state index in [-0.39, 0.29) is 5.95 Å². The van der Waals surface area contributed by atoms with Gasteiger partial charge in [0, 0.05) is 12.6 Å². The first kappa shape index (κ1) is 10.4. The second-order valence-electron chi connectivity index (χ2n) is 3.20. The number of nitrogens with two attached hydrogens (primary N) is 1. The van der Waals surface area contributed by atoms with Crippen molar-refractivity contribution in [3.8, 4) is 5.75 Å². The zero-order valence-corrected chi connectivity index (χ0v) is 9.19. The van der Waals surface area contributed by atoms with Crippen molar-refractivity contribution in [1.82, 2.24) is 15.0 Å². The van der Waals surface area contributed by atoms with Gasteiger partial charge in [-0.3, -0.25) is 0 Å². The highest BCUT2D eigenvalue weighted by atomic mass is 16.5. The highest BCUT2D eigenvalue weighted by Gasteiger charge is 2.07. The average Bonchev–Trinajstić information content (AvgIpc) is 2.28. The maximum Gasteiger partial charge on any atom is 0.222 e. The Morgan fingerprint density at radius 1 is 1.44 bits per heavy atom. The molecule has 0 aliphatic carbocycles. The minimum Gasteiger partial charge on any atom is -0.495 e. The summed E-state index contributed by atoms with van der Waals surface area (Å²) in [5.41, 5.74) is 6.98. The Hall–Kier alpha value is -2.11. The molecule has 2 heterocycles. The lowest BCUT2D eigenvalue weighted by molar-refractivity contribution is 0.413. The molecule has 0 aliphatic heterocycles. The molecule has 0 fully saturated rings. The highest BCUT2D eigenvalue weighted by molar-refractivity contribution is 5.86. The van der Waals surface area contributed by atoms with Crippen LogP contribution in [0.1, 0.15) is 6.92 Å². The van der Waals surface area contributed by atoms with E-state index in [0.717, 1.165) is 6.54 Å². The van der Waals surface area contributed by atoms with Gasteiger partial charge in [0.1, 0.15) is 16.8 Å². The van der Waals surface area contributed by atoms with Crippen LogP contribution in [0.15, 0.2) is 12.3 Å². The molecule has 2 rings (SSSR count). The van der Waals surface area contributed by atoms with Crippen molar-refractivity contribution in [3.05, 3.63) is 12.3 Å². The van der Waals surface area contributed by atoms with Gasteiger partial charge >= 0.3 is 0 Å². The lowest BCUT2D eigenvalue weighted by Gasteiger charge is -2.07. The Morgan fingerprint density at radius 3 is 2.94 bits per heavy atom. The van der Waals surface area contributed by atoms with Crippen molar-refractivity contribution in [1.29, 1.82) is 0 Å². The van der Waals surface area contributed by atoms with E-state index in [4.69, 9.17) is 10.5 Å². The Labute approximate surface area is 92.9 Å². The molecule has 0 aromatic carbocycles. The zero-order chi connectivity index (χ0) is 11.5. The largest absolute Gasteiger partial charge is 0.495 e. The standard InChI is InChI=1S/C10H13N5O/c1-3-12-9-8-7(14-10(11)15-9)4-6(16-2)5-13-8/h4-5H,3H2,1-2H3,(H3,11,12,14,15). The summed E-state index contributed by atoms with van der Waals surface area (Å²) in [5, 5.41) is 3.09. The van der Waals surface area contributed by atoms with Gasteiger partial charge in [-0.1, -0.05) is 0 Å². The molecule has 2 aromatic heterocycles. The molecule has 0 saturated carbocycles. The summed E-state index contributed by atoms with van der Waals surface area (Å²) in [7, 11) is 1.58. The fraction of sp³-hybridized carbons (Fsp3) is 0.300. The van der Waals surface area contributed by atoms with Crippen molar-refractivity contribution in [2.45, 2.75) is 6.92 Å². The number of hydrogen-bond donors (Lipinski definition) is 2. The third-order valence-electron chi connectivity index (χ3n) is 2.11. The lowest BCUT2D eigenvalue weighted by atomic mass is 10.3. The summed E-state index contributed by atoms with van der Waals surface area (Å²) >= 11 is 0. The van der Waals surface area contributed by atoms with Gasteiger partial charge in [-0.2, -0.15) is 4.98 Å². The molecular formula is C10H13N5O. The predicted octanol–water partition coefficient (Wildman–Crippen LogP) is 1.05. The quantitative estimate of drug-likeness (QED) is 0.802. The summed E-state index contributed by atoms with van der Waals surface area (Å²) < 4.78 is 5.08. The number of hydrogen-bond acceptors (Lipinski definition) is 6. The van der Waals surface area contributed by atoms with Crippen LogP contribution in [0.4, 0.5) is 11.8 Å². The van der Waals surface area contributed by atoms with E-state index in [1.807, 2.05) is 6.92 Å². The molecule has 0 saturated heterocycles. The molecule has 0 bridgehead atoms. The van der Waals surface area contributed by atoms with Gasteiger partial charge in [-0.05, 0) is 6.92 Å². The van der Waals surface area contributed by atoms with Crippen molar-refractivity contribution < 1.29 is 4.74 Å². The molecule has 16 heavy (non-hydrogen) atoms. The van der Waals surface area contributed by atoms with Gasteiger partial charge in [-0.15, -0.1) is 0 Å². The van der Waals surface area contributed by atoms with E-state index in [9.17, 15) is 0 Å². The van der Waals surface area contributed by atoms with Gasteiger partial charge in [-0.25, -0.2) is 9.97 Å². The van der Waals surface area contributed by atoms with Crippen molar-refractivity contribution in [3.63, 3.8) is 0 Å². The second kappa shape index (κ2) is 4.18. The summed E-state index contributed by atoms with van der Waals surface area (Å²) in [6, 6.07) is 1.78. The fourth-order valence-electron chi connectivity index (χ4n) is 1.42. The molecule has 0 atom stereocenters. The molecule has 0 radical (unpaired) electrons. The molecule has 84 valence electrons. The summed E-state index contributed by atoms with van der Waals surface area (Å²) in [6.07, 6.45) is 1.63. The number of fused-ring (bicyclic) bond motifs is 1. The molecular weight excluding hydrogens is 206 g/mol. The van der Waals surface area contributed by atoms with E-state index in [1.165, 1.54) is 0 Å².